The summed E-state index contributed by atoms with van der Waals surface area (Å²) in [5, 5.41) is 12.9. The Morgan fingerprint density at radius 3 is 3.14 bits per heavy atom. The second-order valence-corrected chi connectivity index (χ2v) is 3.17. The number of carboxylic acids is 1. The molecular weight excluding hydrogens is 186 g/mol. The molecule has 74 valence electrons. The Labute approximate surface area is 79.6 Å². The largest absolute Gasteiger partial charge is 0.548 e. The van der Waals surface area contributed by atoms with Crippen LogP contribution >= 0.6 is 0 Å². The van der Waals surface area contributed by atoms with Crippen molar-refractivity contribution in [3.63, 3.8) is 0 Å². The molecule has 6 nitrogen and oxygen atoms in total. The van der Waals surface area contributed by atoms with Crippen LogP contribution in [0.1, 0.15) is 11.4 Å². The van der Waals surface area contributed by atoms with Crippen LogP contribution in [0.3, 0.4) is 0 Å². The smallest absolute Gasteiger partial charge is 0.327 e. The lowest BCUT2D eigenvalue weighted by Gasteiger charge is -2.25. The zero-order valence-electron chi connectivity index (χ0n) is 7.48. The van der Waals surface area contributed by atoms with Crippen LogP contribution in [0.25, 0.3) is 0 Å². The summed E-state index contributed by atoms with van der Waals surface area (Å²) in [6, 6.07) is -1.42. The van der Waals surface area contributed by atoms with E-state index in [9.17, 15) is 14.7 Å². The standard InChI is InChI=1S/C8H9N3O3/c1-4-6-2-5(7(12)13)10-8(14)11(6)3-9-4/h3,5H,2H2,1H3,(H,10,14)(H,12,13)/p-1. The van der Waals surface area contributed by atoms with Crippen molar-refractivity contribution < 1.29 is 14.7 Å². The summed E-state index contributed by atoms with van der Waals surface area (Å²) >= 11 is 0. The quantitative estimate of drug-likeness (QED) is 0.584. The van der Waals surface area contributed by atoms with Crippen molar-refractivity contribution in [3.8, 4) is 0 Å². The molecule has 0 fully saturated rings. The third-order valence-corrected chi connectivity index (χ3v) is 2.27. The van der Waals surface area contributed by atoms with Crippen LogP contribution in [0, 0.1) is 6.92 Å². The number of carboxylic acid groups (broad SMARTS) is 1. The van der Waals surface area contributed by atoms with Crippen LogP contribution in [-0.2, 0) is 11.2 Å². The molecule has 0 spiro atoms. The van der Waals surface area contributed by atoms with Crippen LogP contribution in [0.5, 0.6) is 0 Å². The molecule has 1 N–H and O–H groups in total. The number of nitrogens with one attached hydrogen (secondary N) is 1. The van der Waals surface area contributed by atoms with Crippen LogP contribution in [0.2, 0.25) is 0 Å². The summed E-state index contributed by atoms with van der Waals surface area (Å²) in [6.07, 6.45) is 1.60. The molecule has 1 aromatic heterocycles. The van der Waals surface area contributed by atoms with E-state index in [1.807, 2.05) is 0 Å². The lowest BCUT2D eigenvalue weighted by molar-refractivity contribution is -0.308. The number of rotatable bonds is 1. The average molecular weight is 194 g/mol. The van der Waals surface area contributed by atoms with Gasteiger partial charge in [0.1, 0.15) is 6.33 Å². The number of nitrogens with zero attached hydrogens (tertiary/aromatic N) is 2. The highest BCUT2D eigenvalue weighted by Crippen LogP contribution is 2.13. The fraction of sp³-hybridized carbons (Fsp3) is 0.375. The second-order valence-electron chi connectivity index (χ2n) is 3.17. The molecule has 0 aromatic carbocycles. The maximum Gasteiger partial charge on any atom is 0.327 e. The topological polar surface area (TPSA) is 87.1 Å². The third kappa shape index (κ3) is 1.15. The van der Waals surface area contributed by atoms with Crippen molar-refractivity contribution in [1.29, 1.82) is 0 Å². The number of aromatic nitrogens is 2. The number of imidazole rings is 1. The van der Waals surface area contributed by atoms with Gasteiger partial charge in [-0.15, -0.1) is 0 Å². The molecule has 0 saturated carbocycles. The minimum atomic E-state index is -1.27. The van der Waals surface area contributed by atoms with Crippen molar-refractivity contribution >= 4 is 12.0 Å². The first-order valence-corrected chi connectivity index (χ1v) is 4.14. The fourth-order valence-corrected chi connectivity index (χ4v) is 1.49. The van der Waals surface area contributed by atoms with Gasteiger partial charge in [-0.25, -0.2) is 9.78 Å². The predicted molar refractivity (Wildman–Crippen MR) is 43.4 cm³/mol. The summed E-state index contributed by atoms with van der Waals surface area (Å²) in [6.45, 7) is 1.73. The molecule has 2 heterocycles. The lowest BCUT2D eigenvalue weighted by atomic mass is 10.1. The van der Waals surface area contributed by atoms with Crippen molar-refractivity contribution in [3.05, 3.63) is 17.7 Å². The minimum absolute atomic E-state index is 0.222. The molecule has 1 atom stereocenters. The molecule has 1 amide bonds. The summed E-state index contributed by atoms with van der Waals surface area (Å²) < 4.78 is 1.31. The Balaban J connectivity index is 2.40. The van der Waals surface area contributed by atoms with Crippen molar-refractivity contribution in [2.24, 2.45) is 0 Å². The summed E-state index contributed by atoms with van der Waals surface area (Å²) in [4.78, 5) is 25.9. The maximum atomic E-state index is 11.3. The first-order valence-electron chi connectivity index (χ1n) is 4.14. The van der Waals surface area contributed by atoms with Crippen LogP contribution in [0.15, 0.2) is 6.33 Å². The van der Waals surface area contributed by atoms with E-state index in [0.29, 0.717) is 11.4 Å². The molecule has 0 aliphatic carbocycles. The highest BCUT2D eigenvalue weighted by atomic mass is 16.4. The van der Waals surface area contributed by atoms with Crippen LogP contribution in [0.4, 0.5) is 4.79 Å². The van der Waals surface area contributed by atoms with Gasteiger partial charge in [-0.1, -0.05) is 0 Å². The second kappa shape index (κ2) is 2.83. The minimum Gasteiger partial charge on any atom is -0.548 e. The summed E-state index contributed by atoms with van der Waals surface area (Å²) in [5.74, 6) is -1.27. The van der Waals surface area contributed by atoms with E-state index in [-0.39, 0.29) is 6.42 Å². The SMILES string of the molecule is Cc1ncn2c1CC(C(=O)[O-])NC2=O. The number of carbonyl (C=O) groups excluding carboxylic acids is 2. The molecule has 1 unspecified atom stereocenters. The van der Waals surface area contributed by atoms with E-state index in [4.69, 9.17) is 0 Å². The van der Waals surface area contributed by atoms with E-state index in [1.54, 1.807) is 6.92 Å². The highest BCUT2D eigenvalue weighted by molar-refractivity contribution is 5.85. The maximum absolute atomic E-state index is 11.3. The highest BCUT2D eigenvalue weighted by Gasteiger charge is 2.26. The van der Waals surface area contributed by atoms with E-state index in [1.165, 1.54) is 10.9 Å². The van der Waals surface area contributed by atoms with Gasteiger partial charge in [0.15, 0.2) is 0 Å². The Kier molecular flexibility index (Phi) is 1.77. The zero-order chi connectivity index (χ0) is 10.3. The van der Waals surface area contributed by atoms with E-state index < -0.39 is 18.0 Å². The molecule has 1 aliphatic heterocycles. The third-order valence-electron chi connectivity index (χ3n) is 2.27. The van der Waals surface area contributed by atoms with E-state index in [0.717, 1.165) is 0 Å². The van der Waals surface area contributed by atoms with Crippen molar-refractivity contribution in [2.45, 2.75) is 19.4 Å². The molecule has 6 heteroatoms. The monoisotopic (exact) mass is 194 g/mol. The van der Waals surface area contributed by atoms with Crippen molar-refractivity contribution in [1.82, 2.24) is 14.9 Å². The molecule has 1 aromatic rings. The molecular formula is C8H8N3O3-. The molecule has 2 rings (SSSR count). The van der Waals surface area contributed by atoms with Gasteiger partial charge < -0.3 is 15.2 Å². The normalized spacial score (nSPS) is 20.1. The molecule has 0 saturated heterocycles. The molecule has 1 aliphatic rings. The zero-order valence-corrected chi connectivity index (χ0v) is 7.48. The predicted octanol–water partition coefficient (Wildman–Crippen LogP) is -1.58. The number of aryl methyl sites for hydroxylation is 1. The summed E-state index contributed by atoms with van der Waals surface area (Å²) in [5.41, 5.74) is 1.30. The average Bonchev–Trinajstić information content (AvgIpc) is 2.48. The number of fused-ring (bicyclic) bond motifs is 1. The molecule has 14 heavy (non-hydrogen) atoms. The first kappa shape index (κ1) is 8.74. The van der Waals surface area contributed by atoms with Gasteiger partial charge >= 0.3 is 6.03 Å². The van der Waals surface area contributed by atoms with Gasteiger partial charge in [-0.05, 0) is 6.92 Å². The van der Waals surface area contributed by atoms with Gasteiger partial charge in [0.05, 0.1) is 23.4 Å². The first-order chi connectivity index (χ1) is 6.59. The number of aliphatic carboxylic acids is 1. The van der Waals surface area contributed by atoms with Gasteiger partial charge in [0, 0.05) is 6.42 Å². The van der Waals surface area contributed by atoms with Crippen molar-refractivity contribution in [2.75, 3.05) is 0 Å². The van der Waals surface area contributed by atoms with E-state index in [2.05, 4.69) is 10.3 Å². The van der Waals surface area contributed by atoms with Gasteiger partial charge in [-0.3, -0.25) is 4.57 Å². The lowest BCUT2D eigenvalue weighted by Crippen LogP contribution is -2.53. The van der Waals surface area contributed by atoms with Crippen LogP contribution in [-0.4, -0.2) is 27.6 Å². The van der Waals surface area contributed by atoms with E-state index >= 15 is 0 Å². The number of amides is 1. The van der Waals surface area contributed by atoms with Gasteiger partial charge in [-0.2, -0.15) is 0 Å². The Morgan fingerprint density at radius 1 is 1.79 bits per heavy atom. The Bertz CT molecular complexity index is 410. The fourth-order valence-electron chi connectivity index (χ4n) is 1.49. The molecule has 0 radical (unpaired) electrons. The molecule has 0 bridgehead atoms. The Hall–Kier alpha value is -1.85. The number of hydrogen-bond acceptors (Lipinski definition) is 4. The number of carbonyl (C=O) groups is 2. The van der Waals surface area contributed by atoms with Gasteiger partial charge in [0.2, 0.25) is 0 Å². The Morgan fingerprint density at radius 2 is 2.50 bits per heavy atom. The van der Waals surface area contributed by atoms with Gasteiger partial charge in [0.25, 0.3) is 0 Å². The van der Waals surface area contributed by atoms with Crippen LogP contribution < -0.4 is 10.4 Å². The number of hydrogen-bond donors (Lipinski definition) is 1. The summed E-state index contributed by atoms with van der Waals surface area (Å²) in [7, 11) is 0.